The predicted octanol–water partition coefficient (Wildman–Crippen LogP) is 4.65. The molecule has 0 amide bonds. The molecule has 2 heteroatoms. The first kappa shape index (κ1) is 18.3. The molecule has 2 aliphatic rings. The van der Waals surface area contributed by atoms with Crippen LogP contribution < -0.4 is 0 Å². The van der Waals surface area contributed by atoms with Gasteiger partial charge in [-0.15, -0.1) is 0 Å². The Morgan fingerprint density at radius 3 is 1.95 bits per heavy atom. The highest BCUT2D eigenvalue weighted by atomic mass is 15.2. The zero-order chi connectivity index (χ0) is 15.9. The molecule has 0 radical (unpaired) electrons. The number of rotatable bonds is 7. The van der Waals surface area contributed by atoms with Crippen molar-refractivity contribution < 1.29 is 0 Å². The summed E-state index contributed by atoms with van der Waals surface area (Å²) in [6, 6.07) is 0.738. The molecule has 0 aromatic heterocycles. The third-order valence-electron chi connectivity index (χ3n) is 6.00. The molecule has 2 rings (SSSR count). The Morgan fingerprint density at radius 1 is 0.818 bits per heavy atom. The van der Waals surface area contributed by atoms with Crippen LogP contribution in [0, 0.1) is 17.8 Å². The molecule has 0 bridgehead atoms. The lowest BCUT2D eigenvalue weighted by Gasteiger charge is -2.39. The fourth-order valence-corrected chi connectivity index (χ4v) is 4.29. The number of piperidine rings is 2. The normalized spacial score (nSPS) is 23.7. The lowest BCUT2D eigenvalue weighted by Crippen LogP contribution is -2.43. The molecule has 0 aromatic rings. The molecule has 130 valence electrons. The standard InChI is InChI=1S/C20H40N2/c1-17(2)6-5-7-19-8-12-21(13-9-19)16-20-10-14-22(15-11-20)18(3)4/h17-20H,5-16H2,1-4H3. The van der Waals surface area contributed by atoms with Gasteiger partial charge in [0.1, 0.15) is 0 Å². The van der Waals surface area contributed by atoms with Gasteiger partial charge >= 0.3 is 0 Å². The Balaban J connectivity index is 1.58. The number of nitrogens with zero attached hydrogens (tertiary/aromatic N) is 2. The van der Waals surface area contributed by atoms with Crippen molar-refractivity contribution in [1.29, 1.82) is 0 Å². The molecule has 0 aromatic carbocycles. The lowest BCUT2D eigenvalue weighted by atomic mass is 9.89. The van der Waals surface area contributed by atoms with Crippen LogP contribution in [0.2, 0.25) is 0 Å². The molecule has 2 fully saturated rings. The Kier molecular flexibility index (Phi) is 7.70. The summed E-state index contributed by atoms with van der Waals surface area (Å²) in [6.07, 6.45) is 10.1. The molecule has 0 N–H and O–H groups in total. The van der Waals surface area contributed by atoms with E-state index in [0.29, 0.717) is 0 Å². The van der Waals surface area contributed by atoms with Crippen LogP contribution in [0.3, 0.4) is 0 Å². The summed E-state index contributed by atoms with van der Waals surface area (Å²) in [7, 11) is 0. The van der Waals surface area contributed by atoms with E-state index >= 15 is 0 Å². The molecule has 2 heterocycles. The summed E-state index contributed by atoms with van der Waals surface area (Å²) >= 11 is 0. The van der Waals surface area contributed by atoms with E-state index in [9.17, 15) is 0 Å². The van der Waals surface area contributed by atoms with Crippen molar-refractivity contribution in [3.63, 3.8) is 0 Å². The first-order chi connectivity index (χ1) is 10.5. The molecule has 0 spiro atoms. The van der Waals surface area contributed by atoms with Gasteiger partial charge in [-0.3, -0.25) is 0 Å². The topological polar surface area (TPSA) is 6.48 Å². The summed E-state index contributed by atoms with van der Waals surface area (Å²) in [4.78, 5) is 5.42. The van der Waals surface area contributed by atoms with Gasteiger partial charge in [0, 0.05) is 12.6 Å². The quantitative estimate of drug-likeness (QED) is 0.676. The average molecular weight is 309 g/mol. The molecule has 22 heavy (non-hydrogen) atoms. The lowest BCUT2D eigenvalue weighted by molar-refractivity contribution is 0.102. The van der Waals surface area contributed by atoms with E-state index in [1.807, 2.05) is 0 Å². The summed E-state index contributed by atoms with van der Waals surface area (Å²) < 4.78 is 0. The van der Waals surface area contributed by atoms with Gasteiger partial charge in [0.25, 0.3) is 0 Å². The van der Waals surface area contributed by atoms with Crippen LogP contribution in [0.15, 0.2) is 0 Å². The van der Waals surface area contributed by atoms with E-state index in [4.69, 9.17) is 0 Å². The highest BCUT2D eigenvalue weighted by Gasteiger charge is 2.25. The third kappa shape index (κ3) is 6.20. The van der Waals surface area contributed by atoms with Gasteiger partial charge in [-0.2, -0.15) is 0 Å². The van der Waals surface area contributed by atoms with Crippen LogP contribution in [0.4, 0.5) is 0 Å². The molecule has 2 nitrogen and oxygen atoms in total. The second-order valence-corrected chi connectivity index (χ2v) is 8.64. The minimum atomic E-state index is 0.738. The summed E-state index contributed by atoms with van der Waals surface area (Å²) in [6.45, 7) is 16.2. The maximum absolute atomic E-state index is 2.77. The molecule has 0 unspecified atom stereocenters. The van der Waals surface area contributed by atoms with E-state index in [1.165, 1.54) is 77.7 Å². The highest BCUT2D eigenvalue weighted by molar-refractivity contribution is 4.79. The monoisotopic (exact) mass is 308 g/mol. The van der Waals surface area contributed by atoms with Crippen LogP contribution in [0.1, 0.15) is 72.6 Å². The van der Waals surface area contributed by atoms with Crippen LogP contribution in [0.25, 0.3) is 0 Å². The van der Waals surface area contributed by atoms with Crippen LogP contribution in [0.5, 0.6) is 0 Å². The van der Waals surface area contributed by atoms with Gasteiger partial charge in [-0.25, -0.2) is 0 Å². The Morgan fingerprint density at radius 2 is 1.41 bits per heavy atom. The average Bonchev–Trinajstić information content (AvgIpc) is 2.49. The zero-order valence-corrected chi connectivity index (χ0v) is 15.7. The van der Waals surface area contributed by atoms with E-state index in [0.717, 1.165) is 23.8 Å². The molecule has 0 atom stereocenters. The number of likely N-dealkylation sites (tertiary alicyclic amines) is 2. The number of hydrogen-bond donors (Lipinski definition) is 0. The molecule has 0 aliphatic carbocycles. The van der Waals surface area contributed by atoms with Crippen molar-refractivity contribution in [3.05, 3.63) is 0 Å². The van der Waals surface area contributed by atoms with E-state index in [1.54, 1.807) is 0 Å². The Labute approximate surface area is 139 Å². The van der Waals surface area contributed by atoms with Gasteiger partial charge in [-0.05, 0) is 83.5 Å². The van der Waals surface area contributed by atoms with Gasteiger partial charge in [0.15, 0.2) is 0 Å². The maximum atomic E-state index is 2.77. The maximum Gasteiger partial charge on any atom is 0.00385 e. The van der Waals surface area contributed by atoms with Gasteiger partial charge in [0.05, 0.1) is 0 Å². The predicted molar refractivity (Wildman–Crippen MR) is 97.3 cm³/mol. The largest absolute Gasteiger partial charge is 0.303 e. The number of hydrogen-bond acceptors (Lipinski definition) is 2. The minimum Gasteiger partial charge on any atom is -0.303 e. The first-order valence-electron chi connectivity index (χ1n) is 10.0. The highest BCUT2D eigenvalue weighted by Crippen LogP contribution is 2.26. The Hall–Kier alpha value is -0.0800. The van der Waals surface area contributed by atoms with E-state index in [-0.39, 0.29) is 0 Å². The molecule has 2 saturated heterocycles. The summed E-state index contributed by atoms with van der Waals surface area (Å²) in [5, 5.41) is 0. The fourth-order valence-electron chi connectivity index (χ4n) is 4.29. The fraction of sp³-hybridized carbons (Fsp3) is 1.00. The van der Waals surface area contributed by atoms with Crippen molar-refractivity contribution in [2.45, 2.75) is 78.7 Å². The second kappa shape index (κ2) is 9.27. The van der Waals surface area contributed by atoms with Crippen LogP contribution >= 0.6 is 0 Å². The van der Waals surface area contributed by atoms with Crippen molar-refractivity contribution in [1.82, 2.24) is 9.80 Å². The third-order valence-corrected chi connectivity index (χ3v) is 6.00. The van der Waals surface area contributed by atoms with Crippen molar-refractivity contribution in [3.8, 4) is 0 Å². The first-order valence-corrected chi connectivity index (χ1v) is 10.0. The molecule has 0 saturated carbocycles. The Bertz CT molecular complexity index is 284. The van der Waals surface area contributed by atoms with Gasteiger partial charge < -0.3 is 9.80 Å². The second-order valence-electron chi connectivity index (χ2n) is 8.64. The van der Waals surface area contributed by atoms with Crippen molar-refractivity contribution in [2.24, 2.45) is 17.8 Å². The van der Waals surface area contributed by atoms with E-state index < -0.39 is 0 Å². The zero-order valence-electron chi connectivity index (χ0n) is 15.7. The van der Waals surface area contributed by atoms with Crippen LogP contribution in [-0.4, -0.2) is 48.6 Å². The molecule has 2 aliphatic heterocycles. The van der Waals surface area contributed by atoms with Gasteiger partial charge in [-0.1, -0.05) is 33.1 Å². The summed E-state index contributed by atoms with van der Waals surface area (Å²) in [5.74, 6) is 2.88. The summed E-state index contributed by atoms with van der Waals surface area (Å²) in [5.41, 5.74) is 0. The van der Waals surface area contributed by atoms with Gasteiger partial charge in [0.2, 0.25) is 0 Å². The SMILES string of the molecule is CC(C)CCCC1CCN(CC2CCN(C(C)C)CC2)CC1. The smallest absolute Gasteiger partial charge is 0.00385 e. The van der Waals surface area contributed by atoms with Crippen molar-refractivity contribution in [2.75, 3.05) is 32.7 Å². The minimum absolute atomic E-state index is 0.738. The van der Waals surface area contributed by atoms with E-state index in [2.05, 4.69) is 37.5 Å². The van der Waals surface area contributed by atoms with Crippen molar-refractivity contribution >= 4 is 0 Å². The molecular weight excluding hydrogens is 268 g/mol. The van der Waals surface area contributed by atoms with Crippen LogP contribution in [-0.2, 0) is 0 Å². The molecular formula is C20H40N2.